The molecule has 2 aliphatic rings. The van der Waals surface area contributed by atoms with Crippen LogP contribution in [-0.2, 0) is 0 Å². The van der Waals surface area contributed by atoms with Crippen LogP contribution >= 0.6 is 0 Å². The number of H-pyrrole nitrogens is 1. The van der Waals surface area contributed by atoms with Crippen molar-refractivity contribution < 1.29 is 0 Å². The molecule has 2 atom stereocenters. The van der Waals surface area contributed by atoms with Gasteiger partial charge < -0.3 is 20.0 Å². The molecule has 0 bridgehead atoms. The summed E-state index contributed by atoms with van der Waals surface area (Å²) < 4.78 is 0. The van der Waals surface area contributed by atoms with E-state index in [4.69, 9.17) is 4.98 Å². The van der Waals surface area contributed by atoms with Crippen LogP contribution in [0.4, 0.5) is 5.69 Å². The lowest BCUT2D eigenvalue weighted by molar-refractivity contribution is 0.313. The summed E-state index contributed by atoms with van der Waals surface area (Å²) in [6.07, 6.45) is 4.41. The van der Waals surface area contributed by atoms with Crippen LogP contribution in [0.5, 0.6) is 0 Å². The van der Waals surface area contributed by atoms with Crippen molar-refractivity contribution in [3.05, 3.63) is 48.3 Å². The number of aromatic nitrogens is 6. The van der Waals surface area contributed by atoms with Gasteiger partial charge in [0.1, 0.15) is 11.4 Å². The first-order valence-corrected chi connectivity index (χ1v) is 13.3. The fraction of sp³-hybridized carbons (Fsp3) is 0.464. The lowest BCUT2D eigenvalue weighted by atomic mass is 10.1. The monoisotopic (exact) mass is 514 g/mol. The zero-order valence-electron chi connectivity index (χ0n) is 23.0. The number of likely N-dealkylation sites (N-methyl/N-ethyl adjacent to an activating group) is 2. The molecule has 2 fully saturated rings. The van der Waals surface area contributed by atoms with Crippen molar-refractivity contribution in [1.29, 1.82) is 0 Å². The van der Waals surface area contributed by atoms with Crippen molar-refractivity contribution in [2.75, 3.05) is 59.3 Å². The lowest BCUT2D eigenvalue weighted by Crippen LogP contribution is -2.31. The van der Waals surface area contributed by atoms with Gasteiger partial charge in [-0.3, -0.25) is 9.97 Å². The van der Waals surface area contributed by atoms with Gasteiger partial charge in [0.2, 0.25) is 0 Å². The standard InChI is InChI=1S/C22H24N8.C6H14N2/c1-14-5-4-6-18(24-14)21-22(27-28-26-21)19-8-7-17-20(25-19)11-16(12-23-17)30-10-9-15(13-30)29(2)3;1-8(2)6-3-4-7-5-6/h4-8,11-12,15H,9-10,13H2,1-3H3,(H,26,27,28);6-7H,3-5H2,1-2H3/t15-;6-/m00/s1. The van der Waals surface area contributed by atoms with E-state index in [1.165, 1.54) is 19.5 Å². The summed E-state index contributed by atoms with van der Waals surface area (Å²) >= 11 is 0. The average molecular weight is 515 g/mol. The molecule has 4 aromatic rings. The molecule has 0 aliphatic carbocycles. The van der Waals surface area contributed by atoms with Crippen LogP contribution < -0.4 is 10.2 Å². The first-order valence-electron chi connectivity index (χ1n) is 13.3. The molecule has 0 unspecified atom stereocenters. The van der Waals surface area contributed by atoms with Gasteiger partial charge in [0, 0.05) is 37.4 Å². The highest BCUT2D eigenvalue weighted by Gasteiger charge is 2.24. The Labute approximate surface area is 224 Å². The van der Waals surface area contributed by atoms with Crippen molar-refractivity contribution in [3.8, 4) is 22.8 Å². The number of hydrogen-bond donors (Lipinski definition) is 2. The minimum absolute atomic E-state index is 0.569. The Bertz CT molecular complexity index is 1360. The molecule has 2 N–H and O–H groups in total. The van der Waals surface area contributed by atoms with Gasteiger partial charge in [0.05, 0.1) is 34.3 Å². The number of pyridine rings is 3. The summed E-state index contributed by atoms with van der Waals surface area (Å²) in [4.78, 5) is 21.0. The van der Waals surface area contributed by atoms with Crippen molar-refractivity contribution >= 4 is 16.7 Å². The number of rotatable bonds is 5. The molecule has 200 valence electrons. The molecule has 38 heavy (non-hydrogen) atoms. The summed E-state index contributed by atoms with van der Waals surface area (Å²) in [6, 6.07) is 13.3. The fourth-order valence-electron chi connectivity index (χ4n) is 5.04. The van der Waals surface area contributed by atoms with Gasteiger partial charge in [-0.2, -0.15) is 15.4 Å². The third-order valence-corrected chi connectivity index (χ3v) is 7.47. The summed E-state index contributed by atoms with van der Waals surface area (Å²) in [5.41, 5.74) is 6.67. The van der Waals surface area contributed by atoms with Gasteiger partial charge in [-0.15, -0.1) is 0 Å². The van der Waals surface area contributed by atoms with Gasteiger partial charge in [-0.05, 0) is 84.8 Å². The van der Waals surface area contributed by atoms with Crippen LogP contribution in [-0.4, -0.2) is 107 Å². The molecule has 2 aliphatic heterocycles. The second-order valence-corrected chi connectivity index (χ2v) is 10.6. The average Bonchev–Trinajstić information content (AvgIpc) is 3.70. The Kier molecular flexibility index (Phi) is 7.92. The molecule has 0 radical (unpaired) electrons. The van der Waals surface area contributed by atoms with Crippen LogP contribution in [0.1, 0.15) is 18.5 Å². The molecule has 4 aromatic heterocycles. The smallest absolute Gasteiger partial charge is 0.140 e. The second kappa shape index (κ2) is 11.5. The van der Waals surface area contributed by atoms with Crippen LogP contribution in [0.2, 0.25) is 0 Å². The number of hydrogen-bond acceptors (Lipinski definition) is 9. The fourth-order valence-corrected chi connectivity index (χ4v) is 5.04. The van der Waals surface area contributed by atoms with Gasteiger partial charge in [0.25, 0.3) is 0 Å². The van der Waals surface area contributed by atoms with E-state index in [2.05, 4.69) is 79.7 Å². The highest BCUT2D eigenvalue weighted by Crippen LogP contribution is 2.29. The van der Waals surface area contributed by atoms with E-state index in [9.17, 15) is 0 Å². The molecular formula is C28H38N10. The van der Waals surface area contributed by atoms with E-state index >= 15 is 0 Å². The summed E-state index contributed by atoms with van der Waals surface area (Å²) in [5, 5.41) is 14.7. The maximum absolute atomic E-state index is 4.86. The number of anilines is 1. The highest BCUT2D eigenvalue weighted by molar-refractivity contribution is 5.82. The summed E-state index contributed by atoms with van der Waals surface area (Å²) in [5.74, 6) is 0. The first kappa shape index (κ1) is 26.1. The molecular weight excluding hydrogens is 476 g/mol. The number of nitrogens with zero attached hydrogens (tertiary/aromatic N) is 8. The third kappa shape index (κ3) is 5.82. The minimum Gasteiger partial charge on any atom is -0.369 e. The maximum atomic E-state index is 4.86. The Morgan fingerprint density at radius 2 is 1.63 bits per heavy atom. The van der Waals surface area contributed by atoms with Gasteiger partial charge in [-0.25, -0.2) is 4.98 Å². The van der Waals surface area contributed by atoms with Crippen LogP contribution in [0.15, 0.2) is 42.6 Å². The first-order chi connectivity index (χ1) is 18.4. The topological polar surface area (TPSA) is 102 Å². The Morgan fingerprint density at radius 3 is 2.26 bits per heavy atom. The number of aryl methyl sites for hydroxylation is 1. The Morgan fingerprint density at radius 1 is 0.868 bits per heavy atom. The Hall–Kier alpha value is -3.47. The van der Waals surface area contributed by atoms with E-state index < -0.39 is 0 Å². The van der Waals surface area contributed by atoms with Gasteiger partial charge >= 0.3 is 0 Å². The van der Waals surface area contributed by atoms with Gasteiger partial charge in [0.15, 0.2) is 0 Å². The lowest BCUT2D eigenvalue weighted by Gasteiger charge is -2.21. The molecule has 0 aromatic carbocycles. The second-order valence-electron chi connectivity index (χ2n) is 10.6. The molecule has 10 heteroatoms. The minimum atomic E-state index is 0.569. The summed E-state index contributed by atoms with van der Waals surface area (Å²) in [7, 11) is 8.55. The molecule has 0 spiro atoms. The summed E-state index contributed by atoms with van der Waals surface area (Å²) in [6.45, 7) is 6.37. The molecule has 10 nitrogen and oxygen atoms in total. The Balaban J connectivity index is 0.000000316. The molecule has 6 heterocycles. The molecule has 0 saturated carbocycles. The van der Waals surface area contributed by atoms with Crippen LogP contribution in [0.3, 0.4) is 0 Å². The zero-order chi connectivity index (χ0) is 26.6. The number of nitrogens with one attached hydrogen (secondary N) is 2. The van der Waals surface area contributed by atoms with E-state index in [-0.39, 0.29) is 0 Å². The normalized spacial score (nSPS) is 19.4. The third-order valence-electron chi connectivity index (χ3n) is 7.47. The van der Waals surface area contributed by atoms with E-state index in [0.717, 1.165) is 59.4 Å². The highest BCUT2D eigenvalue weighted by atomic mass is 15.3. The van der Waals surface area contributed by atoms with E-state index in [1.807, 2.05) is 43.5 Å². The van der Waals surface area contributed by atoms with Crippen molar-refractivity contribution in [2.45, 2.75) is 31.8 Å². The molecule has 2 saturated heterocycles. The van der Waals surface area contributed by atoms with Crippen LogP contribution in [0.25, 0.3) is 33.8 Å². The number of aromatic amines is 1. The van der Waals surface area contributed by atoms with E-state index in [0.29, 0.717) is 17.4 Å². The van der Waals surface area contributed by atoms with Crippen molar-refractivity contribution in [3.63, 3.8) is 0 Å². The van der Waals surface area contributed by atoms with Crippen LogP contribution in [0, 0.1) is 6.92 Å². The van der Waals surface area contributed by atoms with Crippen molar-refractivity contribution in [1.82, 2.24) is 45.5 Å². The largest absolute Gasteiger partial charge is 0.369 e. The quantitative estimate of drug-likeness (QED) is 0.416. The van der Waals surface area contributed by atoms with Gasteiger partial charge in [-0.1, -0.05) is 6.07 Å². The number of fused-ring (bicyclic) bond motifs is 1. The van der Waals surface area contributed by atoms with Crippen molar-refractivity contribution in [2.24, 2.45) is 0 Å². The molecule has 6 rings (SSSR count). The predicted molar refractivity (Wildman–Crippen MR) is 152 cm³/mol. The zero-order valence-corrected chi connectivity index (χ0v) is 23.0. The maximum Gasteiger partial charge on any atom is 0.140 e. The van der Waals surface area contributed by atoms with E-state index in [1.54, 1.807) is 0 Å². The molecule has 0 amide bonds. The predicted octanol–water partition coefficient (Wildman–Crippen LogP) is 2.84. The SMILES string of the molecule is CN(C)[C@H]1CCNC1.Cc1cccc(-c2n[nH]nc2-c2ccc3ncc(N4CC[C@H](N(C)C)C4)cc3n2)n1.